The van der Waals surface area contributed by atoms with Crippen LogP contribution in [0.4, 0.5) is 5.13 Å². The van der Waals surface area contributed by atoms with E-state index in [0.29, 0.717) is 5.13 Å². The van der Waals surface area contributed by atoms with E-state index >= 15 is 0 Å². The molecule has 5 heteroatoms. The maximum atomic E-state index is 12.0. The van der Waals surface area contributed by atoms with Crippen molar-refractivity contribution >= 4 is 22.4 Å². The second-order valence-electron chi connectivity index (χ2n) is 5.02. The van der Waals surface area contributed by atoms with Gasteiger partial charge in [-0.05, 0) is 31.0 Å². The minimum Gasteiger partial charge on any atom is -0.316 e. The Kier molecular flexibility index (Phi) is 3.80. The first-order valence-electron chi connectivity index (χ1n) is 6.77. The van der Waals surface area contributed by atoms with Crippen molar-refractivity contribution in [3.05, 3.63) is 36.0 Å². The molecule has 3 rings (SSSR count). The topological polar surface area (TPSA) is 54.0 Å². The molecule has 0 bridgehead atoms. The summed E-state index contributed by atoms with van der Waals surface area (Å²) in [7, 11) is 0. The Labute approximate surface area is 122 Å². The molecule has 1 saturated heterocycles. The first kappa shape index (κ1) is 13.3. The van der Waals surface area contributed by atoms with E-state index in [1.807, 2.05) is 18.3 Å². The number of hydrogen-bond acceptors (Lipinski definition) is 4. The first-order valence-corrected chi connectivity index (χ1v) is 7.59. The van der Waals surface area contributed by atoms with Crippen molar-refractivity contribution in [2.75, 3.05) is 18.4 Å². The molecule has 2 heterocycles. The van der Waals surface area contributed by atoms with Gasteiger partial charge in [0, 0.05) is 12.7 Å². The normalized spacial score (nSPS) is 18.1. The van der Waals surface area contributed by atoms with Crippen LogP contribution in [0.3, 0.4) is 0 Å². The largest absolute Gasteiger partial charge is 0.316 e. The lowest BCUT2D eigenvalue weighted by atomic mass is 10.1. The van der Waals surface area contributed by atoms with Gasteiger partial charge in [0.25, 0.3) is 0 Å². The highest BCUT2D eigenvalue weighted by molar-refractivity contribution is 7.19. The zero-order chi connectivity index (χ0) is 13.9. The van der Waals surface area contributed by atoms with E-state index < -0.39 is 0 Å². The summed E-state index contributed by atoms with van der Waals surface area (Å²) in [5, 5.41) is 6.80. The minimum atomic E-state index is 0.0701. The number of rotatable bonds is 3. The summed E-state index contributed by atoms with van der Waals surface area (Å²) in [6, 6.07) is 8.20. The summed E-state index contributed by atoms with van der Waals surface area (Å²) >= 11 is 1.52. The molecular weight excluding hydrogens is 270 g/mol. The minimum absolute atomic E-state index is 0.0701. The number of carbonyl (C=O) groups is 1. The Morgan fingerprint density at radius 2 is 2.30 bits per heavy atom. The average Bonchev–Trinajstić information content (AvgIpc) is 3.10. The van der Waals surface area contributed by atoms with E-state index in [1.54, 1.807) is 0 Å². The zero-order valence-corrected chi connectivity index (χ0v) is 12.2. The molecule has 0 radical (unpaired) electrons. The van der Waals surface area contributed by atoms with Gasteiger partial charge < -0.3 is 10.6 Å². The van der Waals surface area contributed by atoms with Crippen LogP contribution in [0.25, 0.3) is 10.4 Å². The van der Waals surface area contributed by atoms with Crippen molar-refractivity contribution < 1.29 is 4.79 Å². The molecule has 0 spiro atoms. The lowest BCUT2D eigenvalue weighted by Gasteiger charge is -2.06. The molecule has 1 fully saturated rings. The van der Waals surface area contributed by atoms with Crippen LogP contribution in [0.5, 0.6) is 0 Å². The van der Waals surface area contributed by atoms with E-state index in [9.17, 15) is 4.79 Å². The number of aromatic nitrogens is 1. The van der Waals surface area contributed by atoms with Crippen molar-refractivity contribution in [3.63, 3.8) is 0 Å². The van der Waals surface area contributed by atoms with Gasteiger partial charge in [-0.15, -0.1) is 0 Å². The van der Waals surface area contributed by atoms with Gasteiger partial charge in [-0.2, -0.15) is 0 Å². The maximum Gasteiger partial charge on any atom is 0.230 e. The number of anilines is 1. The molecular formula is C15H17N3OS. The number of aryl methyl sites for hydroxylation is 1. The Hall–Kier alpha value is -1.72. The molecule has 0 unspecified atom stereocenters. The SMILES string of the molecule is Cc1ccccc1-c1cnc(NC(=O)[C@H]2CCNC2)s1. The first-order chi connectivity index (χ1) is 9.74. The number of thiazole rings is 1. The Bertz CT molecular complexity index is 617. The predicted octanol–water partition coefficient (Wildman–Crippen LogP) is 2.67. The van der Waals surface area contributed by atoms with Crippen LogP contribution >= 0.6 is 11.3 Å². The third kappa shape index (κ3) is 2.73. The second kappa shape index (κ2) is 5.73. The summed E-state index contributed by atoms with van der Waals surface area (Å²) in [4.78, 5) is 17.4. The smallest absolute Gasteiger partial charge is 0.230 e. The fourth-order valence-corrected chi connectivity index (χ4v) is 3.30. The zero-order valence-electron chi connectivity index (χ0n) is 11.3. The summed E-state index contributed by atoms with van der Waals surface area (Å²) in [5.41, 5.74) is 2.39. The van der Waals surface area contributed by atoms with E-state index in [2.05, 4.69) is 34.7 Å². The van der Waals surface area contributed by atoms with Gasteiger partial charge in [0.05, 0.1) is 10.8 Å². The van der Waals surface area contributed by atoms with Crippen LogP contribution in [-0.4, -0.2) is 24.0 Å². The third-order valence-corrected chi connectivity index (χ3v) is 4.52. The van der Waals surface area contributed by atoms with E-state index in [-0.39, 0.29) is 11.8 Å². The van der Waals surface area contributed by atoms with E-state index in [4.69, 9.17) is 0 Å². The molecule has 1 aromatic carbocycles. The highest BCUT2D eigenvalue weighted by atomic mass is 32.1. The molecule has 2 aromatic rings. The molecule has 20 heavy (non-hydrogen) atoms. The lowest BCUT2D eigenvalue weighted by molar-refractivity contribution is -0.119. The van der Waals surface area contributed by atoms with Crippen LogP contribution < -0.4 is 10.6 Å². The average molecular weight is 287 g/mol. The number of nitrogens with zero attached hydrogens (tertiary/aromatic N) is 1. The van der Waals surface area contributed by atoms with Gasteiger partial charge in [0.1, 0.15) is 0 Å². The van der Waals surface area contributed by atoms with Crippen molar-refractivity contribution in [2.24, 2.45) is 5.92 Å². The number of carbonyl (C=O) groups excluding carboxylic acids is 1. The predicted molar refractivity (Wildman–Crippen MR) is 81.9 cm³/mol. The number of hydrogen-bond donors (Lipinski definition) is 2. The summed E-state index contributed by atoms with van der Waals surface area (Å²) in [6.45, 7) is 3.77. The molecule has 0 saturated carbocycles. The highest BCUT2D eigenvalue weighted by Crippen LogP contribution is 2.31. The molecule has 4 nitrogen and oxygen atoms in total. The van der Waals surface area contributed by atoms with Crippen molar-refractivity contribution in [1.82, 2.24) is 10.3 Å². The number of nitrogens with one attached hydrogen (secondary N) is 2. The molecule has 2 N–H and O–H groups in total. The van der Waals surface area contributed by atoms with Gasteiger partial charge in [-0.1, -0.05) is 35.6 Å². The number of benzene rings is 1. The monoisotopic (exact) mass is 287 g/mol. The summed E-state index contributed by atoms with van der Waals surface area (Å²) < 4.78 is 0. The van der Waals surface area contributed by atoms with Crippen LogP contribution in [0.1, 0.15) is 12.0 Å². The van der Waals surface area contributed by atoms with Gasteiger partial charge in [0.2, 0.25) is 5.91 Å². The quantitative estimate of drug-likeness (QED) is 0.912. The van der Waals surface area contributed by atoms with Crippen LogP contribution in [-0.2, 0) is 4.79 Å². The van der Waals surface area contributed by atoms with Crippen LogP contribution in [0, 0.1) is 12.8 Å². The van der Waals surface area contributed by atoms with Crippen molar-refractivity contribution in [3.8, 4) is 10.4 Å². The lowest BCUT2D eigenvalue weighted by Crippen LogP contribution is -2.24. The second-order valence-corrected chi connectivity index (χ2v) is 6.05. The van der Waals surface area contributed by atoms with Crippen molar-refractivity contribution in [2.45, 2.75) is 13.3 Å². The van der Waals surface area contributed by atoms with Gasteiger partial charge >= 0.3 is 0 Å². The standard InChI is InChI=1S/C15H17N3OS/c1-10-4-2-3-5-12(10)13-9-17-15(20-13)18-14(19)11-6-7-16-8-11/h2-5,9,11,16H,6-8H2,1H3,(H,17,18,19)/t11-/m0/s1. The van der Waals surface area contributed by atoms with Crippen LogP contribution in [0.15, 0.2) is 30.5 Å². The van der Waals surface area contributed by atoms with Gasteiger partial charge in [0.15, 0.2) is 5.13 Å². The molecule has 1 aromatic heterocycles. The fraction of sp³-hybridized carbons (Fsp3) is 0.333. The molecule has 0 aliphatic carbocycles. The van der Waals surface area contributed by atoms with E-state index in [1.165, 1.54) is 22.5 Å². The highest BCUT2D eigenvalue weighted by Gasteiger charge is 2.23. The molecule has 1 amide bonds. The molecule has 1 aliphatic heterocycles. The molecule has 104 valence electrons. The maximum absolute atomic E-state index is 12.0. The Morgan fingerprint density at radius 3 is 3.05 bits per heavy atom. The Morgan fingerprint density at radius 1 is 1.45 bits per heavy atom. The van der Waals surface area contributed by atoms with Crippen LogP contribution in [0.2, 0.25) is 0 Å². The summed E-state index contributed by atoms with van der Waals surface area (Å²) in [5.74, 6) is 0.140. The summed E-state index contributed by atoms with van der Waals surface area (Å²) in [6.07, 6.45) is 2.73. The van der Waals surface area contributed by atoms with E-state index in [0.717, 1.165) is 24.4 Å². The van der Waals surface area contributed by atoms with Gasteiger partial charge in [-0.3, -0.25) is 4.79 Å². The van der Waals surface area contributed by atoms with Gasteiger partial charge in [-0.25, -0.2) is 4.98 Å². The Balaban J connectivity index is 1.74. The number of amides is 1. The fourth-order valence-electron chi connectivity index (χ4n) is 2.39. The third-order valence-electron chi connectivity index (χ3n) is 3.58. The molecule has 1 aliphatic rings. The molecule has 1 atom stereocenters. The van der Waals surface area contributed by atoms with Crippen molar-refractivity contribution in [1.29, 1.82) is 0 Å².